The Morgan fingerprint density at radius 2 is 2.13 bits per heavy atom. The molecule has 0 spiro atoms. The zero-order chi connectivity index (χ0) is 16.7. The Bertz CT molecular complexity index is 813. The summed E-state index contributed by atoms with van der Waals surface area (Å²) in [5.74, 6) is -0.423. The number of hydrogen-bond donors (Lipinski definition) is 0. The van der Waals surface area contributed by atoms with E-state index in [1.165, 1.54) is 4.90 Å². The molecule has 23 heavy (non-hydrogen) atoms. The fraction of sp³-hybridized carbons (Fsp3) is 0.353. The largest absolute Gasteiger partial charge is 0.344 e. The molecular formula is C17H18ClFN2OS. The first-order valence-electron chi connectivity index (χ1n) is 7.39. The number of likely N-dealkylation sites (N-methyl/N-ethyl adjacent to an activating group) is 1. The van der Waals surface area contributed by atoms with Crippen LogP contribution >= 0.6 is 22.9 Å². The number of benzene rings is 1. The summed E-state index contributed by atoms with van der Waals surface area (Å²) >= 11 is 7.52. The Labute approximate surface area is 143 Å². The first kappa shape index (κ1) is 16.4. The molecule has 6 heteroatoms. The molecule has 1 amide bonds. The number of carbonyl (C=O) groups is 1. The molecule has 0 atom stereocenters. The van der Waals surface area contributed by atoms with Crippen molar-refractivity contribution in [3.63, 3.8) is 0 Å². The molecule has 0 radical (unpaired) electrons. The number of halogens is 2. The second-order valence-corrected chi connectivity index (χ2v) is 7.49. The van der Waals surface area contributed by atoms with E-state index < -0.39 is 0 Å². The van der Waals surface area contributed by atoms with Gasteiger partial charge in [0.1, 0.15) is 5.82 Å². The van der Waals surface area contributed by atoms with Crippen molar-refractivity contribution in [1.82, 2.24) is 9.80 Å². The molecule has 3 rings (SSSR count). The van der Waals surface area contributed by atoms with Crippen LogP contribution in [0.3, 0.4) is 0 Å². The summed E-state index contributed by atoms with van der Waals surface area (Å²) in [7, 11) is 5.38. The van der Waals surface area contributed by atoms with E-state index >= 15 is 4.39 Å². The van der Waals surface area contributed by atoms with E-state index in [9.17, 15) is 4.79 Å². The molecule has 1 aliphatic heterocycles. The third-order valence-electron chi connectivity index (χ3n) is 4.00. The Hall–Kier alpha value is -1.43. The SMILES string of the molecule is CN1CCC=C(c2cc(Cl)c3cc(C(=O)N(C)C)sc3c2F)C1. The average Bonchev–Trinajstić information content (AvgIpc) is 2.96. The van der Waals surface area contributed by atoms with E-state index in [1.807, 2.05) is 7.05 Å². The van der Waals surface area contributed by atoms with Crippen LogP contribution in [0.1, 0.15) is 21.7 Å². The minimum Gasteiger partial charge on any atom is -0.344 e. The van der Waals surface area contributed by atoms with E-state index in [1.54, 1.807) is 26.2 Å². The Kier molecular flexibility index (Phi) is 4.45. The number of rotatable bonds is 2. The molecule has 0 fully saturated rings. The van der Waals surface area contributed by atoms with Crippen LogP contribution in [0.2, 0.25) is 5.02 Å². The van der Waals surface area contributed by atoms with Crippen molar-refractivity contribution in [2.75, 3.05) is 34.2 Å². The summed E-state index contributed by atoms with van der Waals surface area (Å²) < 4.78 is 15.5. The highest BCUT2D eigenvalue weighted by Crippen LogP contribution is 2.38. The van der Waals surface area contributed by atoms with Crippen LogP contribution in [0.15, 0.2) is 18.2 Å². The van der Waals surface area contributed by atoms with Crippen molar-refractivity contribution in [3.8, 4) is 0 Å². The second-order valence-electron chi connectivity index (χ2n) is 6.03. The average molecular weight is 353 g/mol. The van der Waals surface area contributed by atoms with Gasteiger partial charge in [0.2, 0.25) is 0 Å². The summed E-state index contributed by atoms with van der Waals surface area (Å²) in [6, 6.07) is 3.36. The summed E-state index contributed by atoms with van der Waals surface area (Å²) in [6.07, 6.45) is 2.97. The molecule has 0 unspecified atom stereocenters. The Balaban J connectivity index is 2.14. The number of nitrogens with zero attached hydrogens (tertiary/aromatic N) is 2. The fourth-order valence-electron chi connectivity index (χ4n) is 2.77. The van der Waals surface area contributed by atoms with Crippen LogP contribution in [-0.2, 0) is 0 Å². The van der Waals surface area contributed by atoms with Crippen molar-refractivity contribution >= 4 is 44.5 Å². The summed E-state index contributed by atoms with van der Waals surface area (Å²) in [4.78, 5) is 16.3. The molecular weight excluding hydrogens is 335 g/mol. The van der Waals surface area contributed by atoms with Crippen molar-refractivity contribution < 1.29 is 9.18 Å². The van der Waals surface area contributed by atoms with Gasteiger partial charge in [-0.3, -0.25) is 4.79 Å². The molecule has 122 valence electrons. The van der Waals surface area contributed by atoms with Crippen LogP contribution < -0.4 is 0 Å². The lowest BCUT2D eigenvalue weighted by atomic mass is 10.00. The summed E-state index contributed by atoms with van der Waals surface area (Å²) in [5.41, 5.74) is 1.49. The van der Waals surface area contributed by atoms with Gasteiger partial charge >= 0.3 is 0 Å². The third kappa shape index (κ3) is 3.01. The summed E-state index contributed by atoms with van der Waals surface area (Å²) in [5, 5.41) is 1.09. The van der Waals surface area contributed by atoms with Crippen molar-refractivity contribution in [2.24, 2.45) is 0 Å². The van der Waals surface area contributed by atoms with E-state index in [4.69, 9.17) is 11.6 Å². The lowest BCUT2D eigenvalue weighted by Gasteiger charge is -2.23. The predicted octanol–water partition coefficient (Wildman–Crippen LogP) is 4.11. The smallest absolute Gasteiger partial charge is 0.263 e. The van der Waals surface area contributed by atoms with Crippen LogP contribution in [0.4, 0.5) is 4.39 Å². The molecule has 1 aromatic heterocycles. The van der Waals surface area contributed by atoms with Gasteiger partial charge < -0.3 is 9.80 Å². The first-order chi connectivity index (χ1) is 10.9. The number of fused-ring (bicyclic) bond motifs is 1. The zero-order valence-corrected chi connectivity index (χ0v) is 14.9. The standard InChI is InChI=1S/C17H18ClFN2OS/c1-20(2)17(22)14-8-12-13(18)7-11(15(19)16(12)23-14)10-5-4-6-21(3)9-10/h5,7-8H,4,6,9H2,1-3H3. The normalized spacial score (nSPS) is 15.8. The maximum atomic E-state index is 15.0. The minimum absolute atomic E-state index is 0.139. The number of thiophene rings is 1. The van der Waals surface area contributed by atoms with Crippen molar-refractivity contribution in [2.45, 2.75) is 6.42 Å². The quantitative estimate of drug-likeness (QED) is 0.811. The van der Waals surface area contributed by atoms with Gasteiger partial charge in [0, 0.05) is 38.1 Å². The van der Waals surface area contributed by atoms with E-state index in [2.05, 4.69) is 11.0 Å². The molecule has 2 aromatic rings. The van der Waals surface area contributed by atoms with Gasteiger partial charge in [-0.2, -0.15) is 0 Å². The fourth-order valence-corrected chi connectivity index (χ4v) is 4.23. The Morgan fingerprint density at radius 3 is 2.78 bits per heavy atom. The molecule has 0 aliphatic carbocycles. The number of hydrogen-bond acceptors (Lipinski definition) is 3. The minimum atomic E-state index is -0.284. The molecule has 0 saturated heterocycles. The lowest BCUT2D eigenvalue weighted by Crippen LogP contribution is -2.25. The number of amides is 1. The van der Waals surface area contributed by atoms with Crippen LogP contribution in [-0.4, -0.2) is 49.9 Å². The monoisotopic (exact) mass is 352 g/mol. The third-order valence-corrected chi connectivity index (χ3v) is 5.43. The topological polar surface area (TPSA) is 23.6 Å². The molecule has 0 saturated carbocycles. The van der Waals surface area contributed by atoms with Crippen LogP contribution in [0, 0.1) is 5.82 Å². The van der Waals surface area contributed by atoms with Gasteiger partial charge in [-0.25, -0.2) is 4.39 Å². The first-order valence-corrected chi connectivity index (χ1v) is 8.59. The van der Waals surface area contributed by atoms with Gasteiger partial charge in [0.25, 0.3) is 5.91 Å². The van der Waals surface area contributed by atoms with Gasteiger partial charge in [0.05, 0.1) is 14.6 Å². The van der Waals surface area contributed by atoms with Crippen molar-refractivity contribution in [1.29, 1.82) is 0 Å². The van der Waals surface area contributed by atoms with Gasteiger partial charge in [-0.05, 0) is 31.2 Å². The van der Waals surface area contributed by atoms with Crippen LogP contribution in [0.5, 0.6) is 0 Å². The van der Waals surface area contributed by atoms with Crippen molar-refractivity contribution in [3.05, 3.63) is 39.5 Å². The van der Waals surface area contributed by atoms with E-state index in [-0.39, 0.29) is 11.7 Å². The van der Waals surface area contributed by atoms with Gasteiger partial charge in [-0.15, -0.1) is 11.3 Å². The van der Waals surface area contributed by atoms with E-state index in [0.29, 0.717) is 32.1 Å². The summed E-state index contributed by atoms with van der Waals surface area (Å²) in [6.45, 7) is 1.68. The zero-order valence-electron chi connectivity index (χ0n) is 13.3. The molecule has 0 bridgehead atoms. The highest BCUT2D eigenvalue weighted by atomic mass is 35.5. The molecule has 2 heterocycles. The van der Waals surface area contributed by atoms with Gasteiger partial charge in [0.15, 0.2) is 0 Å². The van der Waals surface area contributed by atoms with E-state index in [0.717, 1.165) is 29.9 Å². The molecule has 0 N–H and O–H groups in total. The molecule has 1 aliphatic rings. The van der Waals surface area contributed by atoms with Gasteiger partial charge in [-0.1, -0.05) is 17.7 Å². The maximum absolute atomic E-state index is 15.0. The second kappa shape index (κ2) is 6.23. The highest BCUT2D eigenvalue weighted by molar-refractivity contribution is 7.21. The highest BCUT2D eigenvalue weighted by Gasteiger charge is 2.21. The number of carbonyl (C=O) groups excluding carboxylic acids is 1. The molecule has 3 nitrogen and oxygen atoms in total. The van der Waals surface area contributed by atoms with Crippen LogP contribution in [0.25, 0.3) is 15.7 Å². The predicted molar refractivity (Wildman–Crippen MR) is 94.9 cm³/mol. The Morgan fingerprint density at radius 1 is 1.39 bits per heavy atom. The molecule has 1 aromatic carbocycles. The maximum Gasteiger partial charge on any atom is 0.263 e. The lowest BCUT2D eigenvalue weighted by molar-refractivity contribution is 0.0832.